The molecular formula is C115H102N14O5. The number of hydrogen-bond donors (Lipinski definition) is 0. The SMILES string of the molecule is Cc1ccc2c(oc3ccccc32)c1N1C=CN(C)C1C.Cc1ccc2c(oc3ccccc32)c1N1c2cccnc2N(c2ccccc2)C1C.Cc1ccc2c(oc3ccccc32)c1N1c2ncccc2N(c2ccccc2)C1C.Cc1ccc2c(oc3ccccc32)c1N1c2nccnc2N(c2ccccc2)C1C.[2H]C(C)(C)N1C=CN(c2c(C)ccc3c2oc2ccccc23)C1C. The summed E-state index contributed by atoms with van der Waals surface area (Å²) in [5.41, 5.74) is 26.1. The number of aromatic nitrogens is 4. The van der Waals surface area contributed by atoms with Gasteiger partial charge in [-0.15, -0.1) is 0 Å². The summed E-state index contributed by atoms with van der Waals surface area (Å²) in [7, 11) is 2.09. The van der Waals surface area contributed by atoms with Crippen LogP contribution in [-0.4, -0.2) is 73.6 Å². The maximum atomic E-state index is 8.34. The highest BCUT2D eigenvalue weighted by Crippen LogP contribution is 2.55. The van der Waals surface area contributed by atoms with Gasteiger partial charge in [0.15, 0.2) is 51.2 Å². The van der Waals surface area contributed by atoms with Crippen molar-refractivity contribution < 1.29 is 23.5 Å². The molecule has 134 heavy (non-hydrogen) atoms. The topological polar surface area (TPSA) is 150 Å². The Morgan fingerprint density at radius 2 is 0.537 bits per heavy atom. The van der Waals surface area contributed by atoms with Crippen molar-refractivity contribution in [1.29, 1.82) is 0 Å². The van der Waals surface area contributed by atoms with Gasteiger partial charge in [-0.1, -0.05) is 206 Å². The van der Waals surface area contributed by atoms with E-state index in [4.69, 9.17) is 38.4 Å². The minimum absolute atomic E-state index is 0.0117. The van der Waals surface area contributed by atoms with Crippen LogP contribution in [0.25, 0.3) is 110 Å². The molecule has 0 fully saturated rings. The Morgan fingerprint density at radius 1 is 0.254 bits per heavy atom. The Bertz CT molecular complexity index is 7670. The van der Waals surface area contributed by atoms with Crippen LogP contribution in [0.15, 0.2) is 369 Å². The number of anilines is 14. The van der Waals surface area contributed by atoms with Crippen molar-refractivity contribution in [3.63, 3.8) is 0 Å². The van der Waals surface area contributed by atoms with Crippen molar-refractivity contribution in [2.24, 2.45) is 0 Å². The molecule has 8 aromatic heterocycles. The number of para-hydroxylation sites is 8. The molecule has 0 saturated heterocycles. The third-order valence-corrected chi connectivity index (χ3v) is 27.0. The lowest BCUT2D eigenvalue weighted by molar-refractivity contribution is 0.263. The summed E-state index contributed by atoms with van der Waals surface area (Å²) in [5.74, 6) is 3.60. The Morgan fingerprint density at radius 3 is 0.910 bits per heavy atom. The van der Waals surface area contributed by atoms with Gasteiger partial charge in [0.1, 0.15) is 58.7 Å². The maximum absolute atomic E-state index is 8.34. The maximum Gasteiger partial charge on any atom is 0.178 e. The fourth-order valence-corrected chi connectivity index (χ4v) is 20.4. The van der Waals surface area contributed by atoms with Crippen LogP contribution in [0.2, 0.25) is 0 Å². The molecule has 13 heterocycles. The predicted octanol–water partition coefficient (Wildman–Crippen LogP) is 29.9. The first-order valence-electron chi connectivity index (χ1n) is 46.4. The molecule has 5 aliphatic heterocycles. The van der Waals surface area contributed by atoms with Gasteiger partial charge in [-0.05, 0) is 202 Å². The predicted molar refractivity (Wildman–Crippen MR) is 550 cm³/mol. The van der Waals surface area contributed by atoms with Gasteiger partial charge in [0.25, 0.3) is 0 Å². The summed E-state index contributed by atoms with van der Waals surface area (Å²) >= 11 is 0. The summed E-state index contributed by atoms with van der Waals surface area (Å²) in [5, 5.41) is 11.4. The van der Waals surface area contributed by atoms with E-state index >= 15 is 0 Å². The average Bonchev–Trinajstić information content (AvgIpc) is 1.61. The Labute approximate surface area is 779 Å². The molecule has 0 amide bonds. The molecule has 0 bridgehead atoms. The van der Waals surface area contributed by atoms with Gasteiger partial charge >= 0.3 is 0 Å². The summed E-state index contributed by atoms with van der Waals surface area (Å²) in [6, 6.07) is 102. The van der Waals surface area contributed by atoms with E-state index < -0.39 is 6.02 Å². The zero-order chi connectivity index (χ0) is 92.3. The van der Waals surface area contributed by atoms with Gasteiger partial charge in [0.2, 0.25) is 0 Å². The van der Waals surface area contributed by atoms with E-state index in [9.17, 15) is 0 Å². The van der Waals surface area contributed by atoms with Gasteiger partial charge < -0.3 is 61.3 Å². The minimum Gasteiger partial charge on any atom is -0.454 e. The van der Waals surface area contributed by atoms with Crippen LogP contribution in [-0.2, 0) is 0 Å². The summed E-state index contributed by atoms with van der Waals surface area (Å²) in [6.45, 7) is 25.4. The molecule has 662 valence electrons. The highest BCUT2D eigenvalue weighted by Gasteiger charge is 2.43. The molecular weight excluding hydrogens is 1660 g/mol. The first kappa shape index (κ1) is 82.2. The van der Waals surface area contributed by atoms with Crippen LogP contribution < -0.4 is 39.2 Å². The third-order valence-electron chi connectivity index (χ3n) is 27.0. The molecule has 5 aliphatic rings. The van der Waals surface area contributed by atoms with E-state index in [1.807, 2.05) is 153 Å². The molecule has 0 spiro atoms. The zero-order valence-corrected chi connectivity index (χ0v) is 77.1. The number of furan rings is 5. The smallest absolute Gasteiger partial charge is 0.178 e. The molecule has 0 aliphatic carbocycles. The van der Waals surface area contributed by atoms with E-state index in [0.717, 1.165) is 185 Å². The number of nitrogens with zero attached hydrogens (tertiary/aromatic N) is 14. The van der Waals surface area contributed by atoms with Crippen molar-refractivity contribution >= 4 is 190 Å². The van der Waals surface area contributed by atoms with Crippen LogP contribution >= 0.6 is 0 Å². The number of benzene rings is 13. The van der Waals surface area contributed by atoms with Crippen LogP contribution in [0.1, 0.15) is 77.7 Å². The molecule has 5 atom stereocenters. The third kappa shape index (κ3) is 13.9. The molecule has 13 aromatic carbocycles. The van der Waals surface area contributed by atoms with Crippen molar-refractivity contribution in [3.8, 4) is 0 Å². The minimum atomic E-state index is -0.666. The first-order chi connectivity index (χ1) is 65.8. The van der Waals surface area contributed by atoms with Gasteiger partial charge in [-0.25, -0.2) is 19.9 Å². The summed E-state index contributed by atoms with van der Waals surface area (Å²) in [6.07, 6.45) is 15.9. The summed E-state index contributed by atoms with van der Waals surface area (Å²) < 4.78 is 39.9. The number of hydrogen-bond acceptors (Lipinski definition) is 19. The van der Waals surface area contributed by atoms with E-state index in [0.29, 0.717) is 6.17 Å². The van der Waals surface area contributed by atoms with E-state index in [1.165, 1.54) is 33.0 Å². The van der Waals surface area contributed by atoms with Crippen LogP contribution in [0, 0.1) is 34.6 Å². The highest BCUT2D eigenvalue weighted by atomic mass is 16.3. The lowest BCUT2D eigenvalue weighted by Gasteiger charge is -2.33. The monoisotopic (exact) mass is 1760 g/mol. The van der Waals surface area contributed by atoms with Crippen LogP contribution in [0.3, 0.4) is 0 Å². The normalized spacial score (nSPS) is 16.8. The fourth-order valence-electron chi connectivity index (χ4n) is 20.4. The summed E-state index contributed by atoms with van der Waals surface area (Å²) in [4.78, 5) is 41.4. The number of fused-ring (bicyclic) bond motifs is 18. The largest absolute Gasteiger partial charge is 0.454 e. The van der Waals surface area contributed by atoms with Crippen molar-refractivity contribution in [1.82, 2.24) is 29.7 Å². The second kappa shape index (κ2) is 33.9. The van der Waals surface area contributed by atoms with Gasteiger partial charge in [0, 0.05) is 134 Å². The quantitative estimate of drug-likeness (QED) is 0.135. The van der Waals surface area contributed by atoms with Crippen LogP contribution in [0.5, 0.6) is 0 Å². The number of pyridine rings is 2. The Hall–Kier alpha value is -16.3. The Balaban J connectivity index is 0.0000000986. The molecule has 0 radical (unpaired) electrons. The lowest BCUT2D eigenvalue weighted by atomic mass is 10.1. The second-order valence-corrected chi connectivity index (χ2v) is 35.2. The van der Waals surface area contributed by atoms with Gasteiger partial charge in [-0.2, -0.15) is 0 Å². The lowest BCUT2D eigenvalue weighted by Crippen LogP contribution is -2.39. The molecule has 5 unspecified atom stereocenters. The second-order valence-electron chi connectivity index (χ2n) is 35.2. The number of rotatable bonds is 9. The van der Waals surface area contributed by atoms with E-state index in [2.05, 4.69) is 326 Å². The molecule has 19 nitrogen and oxygen atoms in total. The average molecular weight is 1760 g/mol. The molecule has 0 saturated carbocycles. The van der Waals surface area contributed by atoms with Gasteiger partial charge in [0.05, 0.1) is 41.2 Å². The van der Waals surface area contributed by atoms with Gasteiger partial charge in [-0.3, -0.25) is 9.80 Å². The van der Waals surface area contributed by atoms with Crippen LogP contribution in [0.4, 0.5) is 80.1 Å². The van der Waals surface area contributed by atoms with Crippen molar-refractivity contribution in [2.75, 3.05) is 46.2 Å². The van der Waals surface area contributed by atoms with Crippen molar-refractivity contribution in [3.05, 3.63) is 375 Å². The van der Waals surface area contributed by atoms with E-state index in [-0.39, 0.29) is 24.7 Å². The zero-order valence-electron chi connectivity index (χ0n) is 78.1. The Kier molecular flexibility index (Phi) is 20.8. The molecule has 19 heteroatoms. The standard InChI is InChI=1S/2C26H21N3O.C25H20N4O.C20H22N2O.C18H18N2O/c1-17-14-15-21-20-11-6-7-13-23(20)30-25(21)24(17)29-18(2)28(19-9-4-3-5-10-19)26-22(29)12-8-16-27-26;1-17-14-15-21-20-11-6-7-13-23(20)30-25(21)24(17)29-18(2)28(19-9-4-3-5-10-19)22-12-8-16-27-26(22)29;1-16-12-13-20-19-10-6-7-11-21(19)30-23(20)22(16)29-17(2)28(18-8-4-3-5-9-18)24-25(29)27-15-14-26-24;1-13(2)21-11-12-22(15(21)4)19-14(3)9-10-17-16-7-5-6-8-18(16)23-20(17)19;1-12-8-9-15-14-6-4-5-7-16(14)21-18(15)17(12)20-11-10-19(3)13(20)2/h2*3-16,18H,1-2H3;3-15,17H,1-2H3;5-13,15H,1-4H3;4-11,13H,1-3H3/i;;;13D;. The molecule has 26 rings (SSSR count). The molecule has 21 aromatic rings. The van der Waals surface area contributed by atoms with Crippen molar-refractivity contribution in [2.45, 2.75) is 120 Å². The first-order valence-corrected chi connectivity index (χ1v) is 45.9. The fraction of sp³-hybridized carbons (Fsp3) is 0.165. The highest BCUT2D eigenvalue weighted by molar-refractivity contribution is 6.15. The number of aryl methyl sites for hydroxylation is 5. The van der Waals surface area contributed by atoms with E-state index in [1.54, 1.807) is 12.4 Å². The molecule has 0 N–H and O–H groups in total.